The Morgan fingerprint density at radius 3 is 2.84 bits per heavy atom. The van der Waals surface area contributed by atoms with E-state index in [-0.39, 0.29) is 16.7 Å². The molecule has 0 bridgehead atoms. The molecule has 1 aromatic carbocycles. The van der Waals surface area contributed by atoms with Crippen LogP contribution in [-0.2, 0) is 19.1 Å². The van der Waals surface area contributed by atoms with Crippen molar-refractivity contribution in [3.05, 3.63) is 29.8 Å². The van der Waals surface area contributed by atoms with E-state index in [9.17, 15) is 14.4 Å². The van der Waals surface area contributed by atoms with Crippen LogP contribution in [0.5, 0.6) is 0 Å². The standard InChI is InChI=1S/C18H22N2O4S/c1-11-6-4-5-7-13(11)19-16(22)12(2)24-17(23)14-10-25-18(3)9-8-15(21)20(14)18/h4-7,12,14H,8-10H2,1-3H3,(H,19,22)/t12-,14+,18+/m0/s1. The molecule has 0 aliphatic carbocycles. The lowest BCUT2D eigenvalue weighted by molar-refractivity contribution is -0.160. The van der Waals surface area contributed by atoms with Crippen LogP contribution in [0.15, 0.2) is 24.3 Å². The molecule has 6 nitrogen and oxygen atoms in total. The SMILES string of the molecule is Cc1ccccc1NC(=O)[C@H](C)OC(=O)[C@H]1CS[C@]2(C)CCC(=O)N12. The summed E-state index contributed by atoms with van der Waals surface area (Å²) in [6.07, 6.45) is 0.266. The lowest BCUT2D eigenvalue weighted by Gasteiger charge is -2.29. The molecular formula is C18H22N2O4S. The summed E-state index contributed by atoms with van der Waals surface area (Å²) in [7, 11) is 0. The number of nitrogens with zero attached hydrogens (tertiary/aromatic N) is 1. The summed E-state index contributed by atoms with van der Waals surface area (Å²) in [6, 6.07) is 6.79. The van der Waals surface area contributed by atoms with Crippen molar-refractivity contribution in [2.24, 2.45) is 0 Å². The van der Waals surface area contributed by atoms with Crippen molar-refractivity contribution in [3.63, 3.8) is 0 Å². The fourth-order valence-corrected chi connectivity index (χ4v) is 4.67. The number of anilines is 1. The molecule has 134 valence electrons. The monoisotopic (exact) mass is 362 g/mol. The number of hydrogen-bond donors (Lipinski definition) is 1. The van der Waals surface area contributed by atoms with Crippen molar-refractivity contribution < 1.29 is 19.1 Å². The largest absolute Gasteiger partial charge is 0.451 e. The van der Waals surface area contributed by atoms with E-state index in [1.54, 1.807) is 29.7 Å². The molecule has 3 rings (SSSR count). The fourth-order valence-electron chi connectivity index (χ4n) is 3.25. The van der Waals surface area contributed by atoms with Gasteiger partial charge in [0.1, 0.15) is 6.04 Å². The Labute approximate surface area is 151 Å². The van der Waals surface area contributed by atoms with E-state index < -0.39 is 18.1 Å². The number of aryl methyl sites for hydroxylation is 1. The van der Waals surface area contributed by atoms with E-state index >= 15 is 0 Å². The molecule has 2 aliphatic heterocycles. The second-order valence-electron chi connectivity index (χ2n) is 6.65. The highest BCUT2D eigenvalue weighted by atomic mass is 32.2. The number of fused-ring (bicyclic) bond motifs is 1. The van der Waals surface area contributed by atoms with Crippen LogP contribution < -0.4 is 5.32 Å². The maximum atomic E-state index is 12.5. The van der Waals surface area contributed by atoms with E-state index in [2.05, 4.69) is 5.32 Å². The van der Waals surface area contributed by atoms with Crippen LogP contribution in [-0.4, -0.2) is 45.5 Å². The molecule has 0 unspecified atom stereocenters. The lowest BCUT2D eigenvalue weighted by atomic mass is 10.2. The summed E-state index contributed by atoms with van der Waals surface area (Å²) in [5.74, 6) is -0.415. The number of carbonyl (C=O) groups is 3. The molecule has 0 radical (unpaired) electrons. The first-order valence-electron chi connectivity index (χ1n) is 8.35. The molecule has 25 heavy (non-hydrogen) atoms. The van der Waals surface area contributed by atoms with Crippen LogP contribution in [0.25, 0.3) is 0 Å². The van der Waals surface area contributed by atoms with E-state index in [0.717, 1.165) is 12.0 Å². The van der Waals surface area contributed by atoms with Gasteiger partial charge < -0.3 is 15.0 Å². The quantitative estimate of drug-likeness (QED) is 0.832. The molecule has 2 aliphatic rings. The molecule has 2 fully saturated rings. The maximum absolute atomic E-state index is 12.5. The van der Waals surface area contributed by atoms with Crippen molar-refractivity contribution in [3.8, 4) is 0 Å². The van der Waals surface area contributed by atoms with Crippen molar-refractivity contribution in [2.75, 3.05) is 11.1 Å². The normalized spacial score (nSPS) is 26.3. The van der Waals surface area contributed by atoms with Crippen LogP contribution in [0.4, 0.5) is 5.69 Å². The summed E-state index contributed by atoms with van der Waals surface area (Å²) in [4.78, 5) is 38.2. The van der Waals surface area contributed by atoms with Gasteiger partial charge >= 0.3 is 5.97 Å². The summed E-state index contributed by atoms with van der Waals surface area (Å²) in [6.45, 7) is 5.41. The second-order valence-corrected chi connectivity index (χ2v) is 8.15. The minimum absolute atomic E-state index is 0.0218. The van der Waals surface area contributed by atoms with Gasteiger partial charge in [0.2, 0.25) is 5.91 Å². The Morgan fingerprint density at radius 1 is 1.40 bits per heavy atom. The van der Waals surface area contributed by atoms with Crippen LogP contribution in [0.3, 0.4) is 0 Å². The average molecular weight is 362 g/mol. The van der Waals surface area contributed by atoms with Gasteiger partial charge in [0.25, 0.3) is 5.91 Å². The van der Waals surface area contributed by atoms with Gasteiger partial charge in [0.15, 0.2) is 6.10 Å². The number of para-hydroxylation sites is 1. The molecule has 2 saturated heterocycles. The predicted octanol–water partition coefficient (Wildman–Crippen LogP) is 2.32. The first-order valence-corrected chi connectivity index (χ1v) is 9.33. The molecule has 2 amide bonds. The molecule has 3 atom stereocenters. The Hall–Kier alpha value is -2.02. The van der Waals surface area contributed by atoms with Crippen LogP contribution in [0, 0.1) is 6.92 Å². The Kier molecular flexibility index (Phi) is 4.77. The number of benzene rings is 1. The molecule has 1 aromatic rings. The van der Waals surface area contributed by atoms with Gasteiger partial charge in [0, 0.05) is 17.9 Å². The van der Waals surface area contributed by atoms with E-state index in [0.29, 0.717) is 17.9 Å². The highest BCUT2D eigenvalue weighted by Gasteiger charge is 2.53. The van der Waals surface area contributed by atoms with Gasteiger partial charge in [-0.1, -0.05) is 18.2 Å². The average Bonchev–Trinajstić information content (AvgIpc) is 3.06. The number of carbonyl (C=O) groups excluding carboxylic acids is 3. The van der Waals surface area contributed by atoms with Crippen molar-refractivity contribution in [1.82, 2.24) is 4.90 Å². The lowest BCUT2D eigenvalue weighted by Crippen LogP contribution is -2.48. The molecule has 0 aromatic heterocycles. The first-order chi connectivity index (χ1) is 11.8. The topological polar surface area (TPSA) is 75.7 Å². The molecule has 1 N–H and O–H groups in total. The third kappa shape index (κ3) is 3.38. The second kappa shape index (κ2) is 6.71. The van der Waals surface area contributed by atoms with Crippen LogP contribution in [0.1, 0.15) is 32.3 Å². The first kappa shape index (κ1) is 17.8. The van der Waals surface area contributed by atoms with Gasteiger partial charge in [-0.05, 0) is 38.8 Å². The summed E-state index contributed by atoms with van der Waals surface area (Å²) >= 11 is 1.60. The predicted molar refractivity (Wildman–Crippen MR) is 96.1 cm³/mol. The molecule has 2 heterocycles. The zero-order valence-electron chi connectivity index (χ0n) is 14.6. The number of esters is 1. The number of rotatable bonds is 4. The summed E-state index contributed by atoms with van der Waals surface area (Å²) in [5.41, 5.74) is 1.62. The maximum Gasteiger partial charge on any atom is 0.330 e. The molecule has 7 heteroatoms. The smallest absolute Gasteiger partial charge is 0.330 e. The zero-order valence-corrected chi connectivity index (χ0v) is 15.4. The molecule has 0 spiro atoms. The summed E-state index contributed by atoms with van der Waals surface area (Å²) in [5, 5.41) is 2.77. The third-order valence-electron chi connectivity index (χ3n) is 4.78. The van der Waals surface area contributed by atoms with Crippen molar-refractivity contribution >= 4 is 35.2 Å². The molecular weight excluding hydrogens is 340 g/mol. The van der Waals surface area contributed by atoms with Crippen molar-refractivity contribution in [1.29, 1.82) is 0 Å². The highest BCUT2D eigenvalue weighted by molar-refractivity contribution is 8.01. The van der Waals surface area contributed by atoms with Gasteiger partial charge in [-0.15, -0.1) is 11.8 Å². The Morgan fingerprint density at radius 2 is 2.12 bits per heavy atom. The van der Waals surface area contributed by atoms with Gasteiger partial charge in [0.05, 0.1) is 4.87 Å². The minimum atomic E-state index is -0.929. The van der Waals surface area contributed by atoms with Crippen LogP contribution >= 0.6 is 11.8 Å². The molecule has 0 saturated carbocycles. The number of nitrogens with one attached hydrogen (secondary N) is 1. The van der Waals surface area contributed by atoms with Gasteiger partial charge in [-0.25, -0.2) is 4.79 Å². The fraction of sp³-hybridized carbons (Fsp3) is 0.500. The van der Waals surface area contributed by atoms with E-state index in [1.807, 2.05) is 32.0 Å². The summed E-state index contributed by atoms with van der Waals surface area (Å²) < 4.78 is 5.35. The Balaban J connectivity index is 1.62. The number of ether oxygens (including phenoxy) is 1. The van der Waals surface area contributed by atoms with E-state index in [4.69, 9.17) is 4.74 Å². The Bertz CT molecular complexity index is 723. The number of thioether (sulfide) groups is 1. The number of amides is 2. The zero-order chi connectivity index (χ0) is 18.2. The number of hydrogen-bond acceptors (Lipinski definition) is 5. The van der Waals surface area contributed by atoms with Gasteiger partial charge in [-0.3, -0.25) is 9.59 Å². The highest BCUT2D eigenvalue weighted by Crippen LogP contribution is 2.47. The van der Waals surface area contributed by atoms with E-state index in [1.165, 1.54) is 0 Å². The van der Waals surface area contributed by atoms with Crippen LogP contribution in [0.2, 0.25) is 0 Å². The minimum Gasteiger partial charge on any atom is -0.451 e. The third-order valence-corrected chi connectivity index (χ3v) is 6.29. The van der Waals surface area contributed by atoms with Crippen molar-refractivity contribution in [2.45, 2.75) is 50.6 Å². The van der Waals surface area contributed by atoms with Gasteiger partial charge in [-0.2, -0.15) is 0 Å².